The van der Waals surface area contributed by atoms with Crippen molar-refractivity contribution < 1.29 is 9.50 Å². The van der Waals surface area contributed by atoms with Crippen LogP contribution in [0.25, 0.3) is 0 Å². The Kier molecular flexibility index (Phi) is 3.51. The van der Waals surface area contributed by atoms with Gasteiger partial charge in [0.25, 0.3) is 0 Å². The molecule has 4 radical (unpaired) electrons. The molecule has 1 N–H and O–H groups in total. The maximum absolute atomic E-state index is 12.7. The zero-order valence-electron chi connectivity index (χ0n) is 9.47. The van der Waals surface area contributed by atoms with E-state index in [0.717, 1.165) is 0 Å². The van der Waals surface area contributed by atoms with Crippen molar-refractivity contribution in [3.05, 3.63) is 47.8 Å². The van der Waals surface area contributed by atoms with E-state index in [1.165, 1.54) is 36.5 Å². The molecule has 5 heteroatoms. The van der Waals surface area contributed by atoms with E-state index in [1.807, 2.05) is 0 Å². The minimum Gasteiger partial charge on any atom is -0.508 e. The summed E-state index contributed by atoms with van der Waals surface area (Å²) in [6, 6.07) is 8.68. The van der Waals surface area contributed by atoms with Gasteiger partial charge < -0.3 is 5.11 Å². The molecular formula is C13H8B2FNO. The summed E-state index contributed by atoms with van der Waals surface area (Å²) >= 11 is 0. The highest BCUT2D eigenvalue weighted by Crippen LogP contribution is 2.14. The van der Waals surface area contributed by atoms with Gasteiger partial charge in [-0.15, -0.1) is 0 Å². The molecule has 0 amide bonds. The van der Waals surface area contributed by atoms with Gasteiger partial charge in [-0.05, 0) is 24.3 Å². The first-order chi connectivity index (χ1) is 8.56. The summed E-state index contributed by atoms with van der Waals surface area (Å²) in [5.74, 6) is -0.403. The first-order valence-electron chi connectivity index (χ1n) is 5.24. The lowest BCUT2D eigenvalue weighted by atomic mass is 9.85. The molecule has 0 fully saturated rings. The van der Waals surface area contributed by atoms with Gasteiger partial charge in [0.1, 0.15) is 27.3 Å². The lowest BCUT2D eigenvalue weighted by Crippen LogP contribution is -2.15. The SMILES string of the molecule is [B]c1cc([B])c(O)c(C=Nc2ccc(F)cc2)c1. The summed E-state index contributed by atoms with van der Waals surface area (Å²) in [6.45, 7) is 0. The predicted molar refractivity (Wildman–Crippen MR) is 72.5 cm³/mol. The van der Waals surface area contributed by atoms with E-state index >= 15 is 0 Å². The average Bonchev–Trinajstić information content (AvgIpc) is 2.34. The van der Waals surface area contributed by atoms with Crippen molar-refractivity contribution in [3.63, 3.8) is 0 Å². The molecule has 18 heavy (non-hydrogen) atoms. The van der Waals surface area contributed by atoms with E-state index in [9.17, 15) is 9.50 Å². The molecular weight excluding hydrogens is 227 g/mol. The highest BCUT2D eigenvalue weighted by molar-refractivity contribution is 6.39. The second-order valence-electron chi connectivity index (χ2n) is 3.78. The molecule has 0 bridgehead atoms. The first-order valence-corrected chi connectivity index (χ1v) is 5.24. The van der Waals surface area contributed by atoms with Crippen molar-refractivity contribution in [2.75, 3.05) is 0 Å². The van der Waals surface area contributed by atoms with Gasteiger partial charge in [0.05, 0.1) is 5.69 Å². The molecule has 84 valence electrons. The van der Waals surface area contributed by atoms with Crippen LogP contribution in [0.15, 0.2) is 41.4 Å². The Morgan fingerprint density at radius 2 is 1.78 bits per heavy atom. The fourth-order valence-corrected chi connectivity index (χ4v) is 1.47. The lowest BCUT2D eigenvalue weighted by Gasteiger charge is -2.05. The summed E-state index contributed by atoms with van der Waals surface area (Å²) in [6.07, 6.45) is 1.43. The molecule has 2 rings (SSSR count). The molecule has 2 aromatic rings. The van der Waals surface area contributed by atoms with Crippen molar-refractivity contribution in [3.8, 4) is 5.75 Å². The van der Waals surface area contributed by atoms with Crippen LogP contribution in [0.1, 0.15) is 5.56 Å². The van der Waals surface area contributed by atoms with Crippen molar-refractivity contribution in [2.24, 2.45) is 4.99 Å². The molecule has 0 heterocycles. The summed E-state index contributed by atoms with van der Waals surface area (Å²) in [7, 11) is 11.2. The predicted octanol–water partition coefficient (Wildman–Crippen LogP) is 0.870. The quantitative estimate of drug-likeness (QED) is 0.607. The molecule has 0 unspecified atom stereocenters. The number of hydrogen-bond donors (Lipinski definition) is 1. The van der Waals surface area contributed by atoms with Crippen LogP contribution in [0.5, 0.6) is 5.75 Å². The maximum Gasteiger partial charge on any atom is 0.123 e. The van der Waals surface area contributed by atoms with E-state index in [0.29, 0.717) is 16.7 Å². The van der Waals surface area contributed by atoms with Gasteiger partial charge in [-0.3, -0.25) is 4.99 Å². The molecule has 0 aliphatic carbocycles. The Morgan fingerprint density at radius 1 is 1.11 bits per heavy atom. The van der Waals surface area contributed by atoms with Crippen LogP contribution in [0.3, 0.4) is 0 Å². The number of phenolic OH excluding ortho intramolecular Hbond substituents is 1. The Bertz CT molecular complexity index is 597. The normalized spacial score (nSPS) is 10.9. The van der Waals surface area contributed by atoms with Crippen molar-refractivity contribution in [2.45, 2.75) is 0 Å². The summed E-state index contributed by atoms with van der Waals surface area (Å²) in [5.41, 5.74) is 1.61. The number of phenols is 1. The molecule has 0 aliphatic heterocycles. The van der Waals surface area contributed by atoms with Gasteiger partial charge in [-0.1, -0.05) is 23.1 Å². The van der Waals surface area contributed by atoms with Crippen LogP contribution in [-0.2, 0) is 0 Å². The molecule has 2 nitrogen and oxygen atoms in total. The minimum absolute atomic E-state index is 0.0740. The van der Waals surface area contributed by atoms with E-state index in [-0.39, 0.29) is 17.0 Å². The second-order valence-corrected chi connectivity index (χ2v) is 3.78. The van der Waals surface area contributed by atoms with E-state index in [1.54, 1.807) is 6.07 Å². The summed E-state index contributed by atoms with van der Waals surface area (Å²) in [5, 5.41) is 9.71. The number of aromatic hydroxyl groups is 1. The van der Waals surface area contributed by atoms with E-state index < -0.39 is 0 Å². The Labute approximate surface area is 107 Å². The number of aliphatic imine (C=N–C) groups is 1. The number of rotatable bonds is 2. The van der Waals surface area contributed by atoms with Crippen LogP contribution >= 0.6 is 0 Å². The smallest absolute Gasteiger partial charge is 0.123 e. The molecule has 0 spiro atoms. The monoisotopic (exact) mass is 235 g/mol. The number of nitrogens with zero attached hydrogens (tertiary/aromatic N) is 1. The van der Waals surface area contributed by atoms with Gasteiger partial charge in [0.15, 0.2) is 0 Å². The van der Waals surface area contributed by atoms with Gasteiger partial charge in [0.2, 0.25) is 0 Å². The Balaban J connectivity index is 2.31. The third-order valence-corrected chi connectivity index (χ3v) is 2.37. The molecule has 2 aromatic carbocycles. The van der Waals surface area contributed by atoms with Crippen molar-refractivity contribution in [1.29, 1.82) is 0 Å². The molecule has 0 atom stereocenters. The van der Waals surface area contributed by atoms with Crippen LogP contribution < -0.4 is 10.9 Å². The van der Waals surface area contributed by atoms with Gasteiger partial charge >= 0.3 is 0 Å². The molecule has 0 saturated carbocycles. The van der Waals surface area contributed by atoms with Crippen LogP contribution in [-0.4, -0.2) is 27.0 Å². The number of hydrogen-bond acceptors (Lipinski definition) is 2. The highest BCUT2D eigenvalue weighted by Gasteiger charge is 2.02. The topological polar surface area (TPSA) is 32.6 Å². The highest BCUT2D eigenvalue weighted by atomic mass is 19.1. The van der Waals surface area contributed by atoms with Crippen LogP contribution in [0.4, 0.5) is 10.1 Å². The lowest BCUT2D eigenvalue weighted by molar-refractivity contribution is 0.479. The van der Waals surface area contributed by atoms with Crippen LogP contribution in [0, 0.1) is 5.82 Å². The van der Waals surface area contributed by atoms with Crippen LogP contribution in [0.2, 0.25) is 0 Å². The van der Waals surface area contributed by atoms with Gasteiger partial charge in [-0.2, -0.15) is 0 Å². The second kappa shape index (κ2) is 5.08. The fraction of sp³-hybridized carbons (Fsp3) is 0. The third-order valence-electron chi connectivity index (χ3n) is 2.37. The Hall–Kier alpha value is -2.03. The van der Waals surface area contributed by atoms with Gasteiger partial charge in [0, 0.05) is 11.8 Å². The van der Waals surface area contributed by atoms with E-state index in [2.05, 4.69) is 4.99 Å². The zero-order chi connectivity index (χ0) is 13.1. The zero-order valence-corrected chi connectivity index (χ0v) is 9.47. The molecule has 0 saturated heterocycles. The maximum atomic E-state index is 12.7. The summed E-state index contributed by atoms with van der Waals surface area (Å²) < 4.78 is 12.7. The minimum atomic E-state index is -0.329. The molecule has 0 aromatic heterocycles. The summed E-state index contributed by atoms with van der Waals surface area (Å²) in [4.78, 5) is 4.10. The number of benzene rings is 2. The van der Waals surface area contributed by atoms with E-state index in [4.69, 9.17) is 15.7 Å². The first kappa shape index (κ1) is 12.4. The van der Waals surface area contributed by atoms with Gasteiger partial charge in [-0.25, -0.2) is 4.39 Å². The van der Waals surface area contributed by atoms with Crippen molar-refractivity contribution >= 4 is 38.5 Å². The fourth-order valence-electron chi connectivity index (χ4n) is 1.47. The molecule has 0 aliphatic rings. The standard InChI is InChI=1S/C13H8B2FNO/c14-9-5-8(13(18)12(15)6-9)7-17-11-3-1-10(16)2-4-11/h1-7,18H. The number of halogens is 1. The van der Waals surface area contributed by atoms with Crippen molar-refractivity contribution in [1.82, 2.24) is 0 Å². The third kappa shape index (κ3) is 2.80. The largest absolute Gasteiger partial charge is 0.508 e. The average molecular weight is 235 g/mol. The Morgan fingerprint density at radius 3 is 2.44 bits per heavy atom.